The van der Waals surface area contributed by atoms with Gasteiger partial charge < -0.3 is 15.0 Å². The minimum atomic E-state index is 0.296. The molecule has 0 amide bonds. The van der Waals surface area contributed by atoms with Crippen molar-refractivity contribution in [2.75, 3.05) is 18.0 Å². The van der Waals surface area contributed by atoms with Crippen LogP contribution < -0.4 is 10.2 Å². The number of anilines is 1. The second-order valence-corrected chi connectivity index (χ2v) is 5.82. The fourth-order valence-electron chi connectivity index (χ4n) is 2.68. The number of nitrogens with one attached hydrogen (secondary N) is 1. The molecule has 1 aromatic rings. The van der Waals surface area contributed by atoms with Crippen molar-refractivity contribution in [2.45, 2.75) is 51.5 Å². The molecule has 104 valence electrons. The number of nitrogens with zero attached hydrogens (tertiary/aromatic N) is 2. The zero-order valence-electron chi connectivity index (χ0n) is 11.8. The number of rotatable bonds is 4. The fourth-order valence-corrected chi connectivity index (χ4v) is 2.68. The van der Waals surface area contributed by atoms with Crippen LogP contribution in [0.5, 0.6) is 0 Å². The third kappa shape index (κ3) is 3.45. The quantitative estimate of drug-likeness (QED) is 0.899. The van der Waals surface area contributed by atoms with Gasteiger partial charge in [-0.3, -0.25) is 4.98 Å². The van der Waals surface area contributed by atoms with Crippen LogP contribution in [0, 0.1) is 0 Å². The molecule has 1 aliphatic heterocycles. The summed E-state index contributed by atoms with van der Waals surface area (Å²) in [6.45, 7) is 7.08. The topological polar surface area (TPSA) is 37.4 Å². The largest absolute Gasteiger partial charge is 0.372 e. The molecule has 0 aromatic carbocycles. The summed E-state index contributed by atoms with van der Waals surface area (Å²) >= 11 is 0. The average molecular weight is 261 g/mol. The normalized spacial score (nSPS) is 27.6. The van der Waals surface area contributed by atoms with Gasteiger partial charge in [-0.2, -0.15) is 0 Å². The molecule has 2 aliphatic rings. The number of hydrogen-bond donors (Lipinski definition) is 1. The van der Waals surface area contributed by atoms with Crippen LogP contribution in [0.1, 0.15) is 32.4 Å². The van der Waals surface area contributed by atoms with Crippen molar-refractivity contribution in [2.24, 2.45) is 0 Å². The number of aromatic nitrogens is 1. The lowest BCUT2D eigenvalue weighted by molar-refractivity contribution is -0.00522. The van der Waals surface area contributed by atoms with Crippen LogP contribution in [-0.2, 0) is 11.3 Å². The molecule has 0 spiro atoms. The van der Waals surface area contributed by atoms with E-state index in [2.05, 4.69) is 41.2 Å². The van der Waals surface area contributed by atoms with E-state index in [1.54, 1.807) is 0 Å². The Balaban J connectivity index is 1.66. The maximum Gasteiger partial charge on any atom is 0.0726 e. The van der Waals surface area contributed by atoms with Crippen molar-refractivity contribution >= 4 is 5.69 Å². The number of morpholine rings is 1. The van der Waals surface area contributed by atoms with Crippen LogP contribution in [-0.4, -0.2) is 36.3 Å². The summed E-state index contributed by atoms with van der Waals surface area (Å²) in [5.74, 6) is 0. The lowest BCUT2D eigenvalue weighted by Crippen LogP contribution is -2.45. The highest BCUT2D eigenvalue weighted by Crippen LogP contribution is 2.22. The summed E-state index contributed by atoms with van der Waals surface area (Å²) < 4.78 is 5.79. The van der Waals surface area contributed by atoms with Gasteiger partial charge in [-0.1, -0.05) is 0 Å². The minimum Gasteiger partial charge on any atom is -0.372 e. The molecule has 2 heterocycles. The highest BCUT2D eigenvalue weighted by Gasteiger charge is 2.23. The van der Waals surface area contributed by atoms with Crippen molar-refractivity contribution < 1.29 is 4.74 Å². The van der Waals surface area contributed by atoms with Crippen LogP contribution in [0.3, 0.4) is 0 Å². The van der Waals surface area contributed by atoms with E-state index in [9.17, 15) is 0 Å². The standard InChI is InChI=1S/C15H23N3O/c1-11-9-18(10-12(2)19-11)15-5-6-16-14(7-15)8-17-13-3-4-13/h5-7,11-13,17H,3-4,8-10H2,1-2H3/t11-,12+. The number of pyridine rings is 1. The van der Waals surface area contributed by atoms with Gasteiger partial charge >= 0.3 is 0 Å². The van der Waals surface area contributed by atoms with Crippen LogP contribution in [0.25, 0.3) is 0 Å². The molecule has 1 saturated carbocycles. The molecule has 1 saturated heterocycles. The van der Waals surface area contributed by atoms with Gasteiger partial charge in [-0.25, -0.2) is 0 Å². The van der Waals surface area contributed by atoms with E-state index >= 15 is 0 Å². The maximum atomic E-state index is 5.79. The molecule has 3 rings (SSSR count). The third-order valence-electron chi connectivity index (χ3n) is 3.73. The lowest BCUT2D eigenvalue weighted by Gasteiger charge is -2.36. The molecular weight excluding hydrogens is 238 g/mol. The Hall–Kier alpha value is -1.13. The smallest absolute Gasteiger partial charge is 0.0726 e. The Morgan fingerprint density at radius 1 is 1.32 bits per heavy atom. The van der Waals surface area contributed by atoms with Crippen LogP contribution in [0.2, 0.25) is 0 Å². The maximum absolute atomic E-state index is 5.79. The molecule has 1 aliphatic carbocycles. The third-order valence-corrected chi connectivity index (χ3v) is 3.73. The molecule has 4 nitrogen and oxygen atoms in total. The molecule has 0 bridgehead atoms. The van der Waals surface area contributed by atoms with Gasteiger partial charge in [0.1, 0.15) is 0 Å². The highest BCUT2D eigenvalue weighted by molar-refractivity contribution is 5.47. The van der Waals surface area contributed by atoms with Gasteiger partial charge in [0.2, 0.25) is 0 Å². The van der Waals surface area contributed by atoms with Crippen LogP contribution in [0.15, 0.2) is 18.3 Å². The van der Waals surface area contributed by atoms with E-state index in [1.165, 1.54) is 18.5 Å². The highest BCUT2D eigenvalue weighted by atomic mass is 16.5. The summed E-state index contributed by atoms with van der Waals surface area (Å²) in [5, 5.41) is 3.51. The monoisotopic (exact) mass is 261 g/mol. The van der Waals surface area contributed by atoms with Crippen molar-refractivity contribution in [3.05, 3.63) is 24.0 Å². The molecule has 0 unspecified atom stereocenters. The predicted molar refractivity (Wildman–Crippen MR) is 76.3 cm³/mol. The molecule has 1 N–H and O–H groups in total. The Labute approximate surface area is 115 Å². The molecule has 19 heavy (non-hydrogen) atoms. The summed E-state index contributed by atoms with van der Waals surface area (Å²) in [5.41, 5.74) is 2.40. The van der Waals surface area contributed by atoms with Gasteiger partial charge in [-0.15, -0.1) is 0 Å². The summed E-state index contributed by atoms with van der Waals surface area (Å²) in [4.78, 5) is 6.86. The predicted octanol–water partition coefficient (Wildman–Crippen LogP) is 1.95. The zero-order valence-corrected chi connectivity index (χ0v) is 11.8. The van der Waals surface area contributed by atoms with Crippen molar-refractivity contribution in [3.63, 3.8) is 0 Å². The van der Waals surface area contributed by atoms with Gasteiger partial charge in [-0.05, 0) is 38.8 Å². The zero-order chi connectivity index (χ0) is 13.2. The van der Waals surface area contributed by atoms with Crippen molar-refractivity contribution in [3.8, 4) is 0 Å². The Morgan fingerprint density at radius 2 is 2.05 bits per heavy atom. The molecule has 2 fully saturated rings. The van der Waals surface area contributed by atoms with Gasteiger partial charge in [0.25, 0.3) is 0 Å². The lowest BCUT2D eigenvalue weighted by atomic mass is 10.2. The fraction of sp³-hybridized carbons (Fsp3) is 0.667. The Kier molecular flexibility index (Phi) is 3.71. The second kappa shape index (κ2) is 5.47. The summed E-state index contributed by atoms with van der Waals surface area (Å²) in [7, 11) is 0. The Bertz CT molecular complexity index is 423. The number of hydrogen-bond acceptors (Lipinski definition) is 4. The SMILES string of the molecule is C[C@@H]1CN(c2ccnc(CNC3CC3)c2)C[C@H](C)O1. The van der Waals surface area contributed by atoms with Gasteiger partial charge in [0, 0.05) is 37.6 Å². The van der Waals surface area contributed by atoms with E-state index in [-0.39, 0.29) is 0 Å². The summed E-state index contributed by atoms with van der Waals surface area (Å²) in [6.07, 6.45) is 5.15. The van der Waals surface area contributed by atoms with Crippen molar-refractivity contribution in [1.29, 1.82) is 0 Å². The van der Waals surface area contributed by atoms with Gasteiger partial charge in [0.15, 0.2) is 0 Å². The first-order valence-electron chi connectivity index (χ1n) is 7.29. The first-order chi connectivity index (χ1) is 9.20. The minimum absolute atomic E-state index is 0.296. The van der Waals surface area contributed by atoms with E-state index in [1.807, 2.05) is 6.20 Å². The molecular formula is C15H23N3O. The molecule has 0 radical (unpaired) electrons. The van der Waals surface area contributed by atoms with Crippen LogP contribution >= 0.6 is 0 Å². The second-order valence-electron chi connectivity index (χ2n) is 5.82. The first-order valence-corrected chi connectivity index (χ1v) is 7.29. The van der Waals surface area contributed by atoms with Gasteiger partial charge in [0.05, 0.1) is 17.9 Å². The molecule has 1 aromatic heterocycles. The van der Waals surface area contributed by atoms with E-state index < -0.39 is 0 Å². The van der Waals surface area contributed by atoms with E-state index in [4.69, 9.17) is 4.74 Å². The van der Waals surface area contributed by atoms with Crippen LogP contribution in [0.4, 0.5) is 5.69 Å². The van der Waals surface area contributed by atoms with E-state index in [0.717, 1.165) is 31.4 Å². The first kappa shape index (κ1) is 12.9. The average Bonchev–Trinajstić information content (AvgIpc) is 3.20. The summed E-state index contributed by atoms with van der Waals surface area (Å²) in [6, 6.07) is 5.04. The van der Waals surface area contributed by atoms with E-state index in [0.29, 0.717) is 12.2 Å². The Morgan fingerprint density at radius 3 is 2.74 bits per heavy atom. The number of ether oxygens (including phenoxy) is 1. The van der Waals surface area contributed by atoms with Crippen molar-refractivity contribution in [1.82, 2.24) is 10.3 Å². The molecule has 4 heteroatoms. The molecule has 2 atom stereocenters.